The van der Waals surface area contributed by atoms with E-state index in [4.69, 9.17) is 14.9 Å². The molecule has 0 unspecified atom stereocenters. The summed E-state index contributed by atoms with van der Waals surface area (Å²) in [6.07, 6.45) is 8.18. The monoisotopic (exact) mass is 356 g/mol. The molecule has 5 rings (SSSR count). The molecule has 0 fully saturated rings. The molecule has 1 aliphatic rings. The Balaban J connectivity index is 1.56. The first kappa shape index (κ1) is 15.9. The second-order valence-electron chi connectivity index (χ2n) is 6.81. The third-order valence-corrected chi connectivity index (χ3v) is 4.80. The van der Waals surface area contributed by atoms with Crippen molar-refractivity contribution in [3.05, 3.63) is 84.4 Å². The number of rotatable bonds is 0. The average molecular weight is 356 g/mol. The minimum Gasteiger partial charge on any atom is -0.457 e. The summed E-state index contributed by atoms with van der Waals surface area (Å²) < 4.78 is 9.93. The zero-order chi connectivity index (χ0) is 18.1. The third-order valence-electron chi connectivity index (χ3n) is 4.80. The van der Waals surface area contributed by atoms with Gasteiger partial charge in [-0.05, 0) is 62.1 Å². The van der Waals surface area contributed by atoms with Crippen LogP contribution in [0, 0.1) is 0 Å². The predicted octanol–water partition coefficient (Wildman–Crippen LogP) is 4.73. The molecule has 0 amide bonds. The predicted molar refractivity (Wildman–Crippen MR) is 104 cm³/mol. The van der Waals surface area contributed by atoms with E-state index in [9.17, 15) is 0 Å². The first-order chi connectivity index (χ1) is 13.3. The molecule has 0 atom stereocenters. The van der Waals surface area contributed by atoms with E-state index >= 15 is 0 Å². The van der Waals surface area contributed by atoms with Crippen molar-refractivity contribution in [2.75, 3.05) is 0 Å². The lowest BCUT2D eigenvalue weighted by Crippen LogP contribution is -1.97. The molecule has 2 aromatic heterocycles. The van der Waals surface area contributed by atoms with E-state index < -0.39 is 0 Å². The summed E-state index contributed by atoms with van der Waals surface area (Å²) in [6.45, 7) is 0. The van der Waals surface area contributed by atoms with Gasteiger partial charge in [0.05, 0.1) is 22.8 Å². The molecule has 0 N–H and O–H groups in total. The number of hydrogen-bond donors (Lipinski definition) is 0. The van der Waals surface area contributed by atoms with Crippen LogP contribution >= 0.6 is 0 Å². The van der Waals surface area contributed by atoms with Gasteiger partial charge in [0.2, 0.25) is 0 Å². The standard InChI is InChI=1S/C22H20N4O/c1-2-6-18-12-14-26(24-18)20-8-4-10-22(16-20)27-21-9-3-7-19(15-21)25-13-11-17(5-1)23-25/h3-4,7-16H,1-2,5-6H2. The highest BCUT2D eigenvalue weighted by Gasteiger charge is 2.07. The fourth-order valence-electron chi connectivity index (χ4n) is 3.40. The zero-order valence-corrected chi connectivity index (χ0v) is 15.0. The topological polar surface area (TPSA) is 44.9 Å². The van der Waals surface area contributed by atoms with Crippen LogP contribution in [-0.2, 0) is 12.8 Å². The van der Waals surface area contributed by atoms with Crippen molar-refractivity contribution in [2.45, 2.75) is 25.7 Å². The minimum absolute atomic E-state index is 0.784. The Kier molecular flexibility index (Phi) is 3.98. The van der Waals surface area contributed by atoms with E-state index in [1.807, 2.05) is 70.3 Å². The summed E-state index contributed by atoms with van der Waals surface area (Å²) in [5.41, 5.74) is 4.22. The molecule has 5 heteroatoms. The molecule has 0 saturated heterocycles. The van der Waals surface area contributed by atoms with Gasteiger partial charge in [0.25, 0.3) is 0 Å². The number of aryl methyl sites for hydroxylation is 2. The third kappa shape index (κ3) is 3.36. The van der Waals surface area contributed by atoms with Crippen molar-refractivity contribution in [3.8, 4) is 22.9 Å². The van der Waals surface area contributed by atoms with Crippen LogP contribution in [-0.4, -0.2) is 19.6 Å². The maximum Gasteiger partial charge on any atom is 0.129 e. The molecule has 134 valence electrons. The molecule has 4 aromatic rings. The van der Waals surface area contributed by atoms with E-state index in [0.29, 0.717) is 0 Å². The summed E-state index contributed by atoms with van der Waals surface area (Å²) in [5, 5.41) is 9.43. The fraction of sp³-hybridized carbons (Fsp3) is 0.182. The van der Waals surface area contributed by atoms with E-state index in [0.717, 1.165) is 59.9 Å². The molecule has 8 bridgehead atoms. The number of benzene rings is 2. The van der Waals surface area contributed by atoms with Crippen molar-refractivity contribution in [3.63, 3.8) is 0 Å². The van der Waals surface area contributed by atoms with Gasteiger partial charge in [-0.3, -0.25) is 0 Å². The summed E-state index contributed by atoms with van der Waals surface area (Å²) in [7, 11) is 0. The van der Waals surface area contributed by atoms with Crippen LogP contribution in [0.4, 0.5) is 0 Å². The molecule has 1 aliphatic heterocycles. The number of fused-ring (bicyclic) bond motifs is 10. The largest absolute Gasteiger partial charge is 0.457 e. The molecule has 3 heterocycles. The van der Waals surface area contributed by atoms with E-state index in [1.54, 1.807) is 0 Å². The van der Waals surface area contributed by atoms with Crippen LogP contribution in [0.1, 0.15) is 24.2 Å². The highest BCUT2D eigenvalue weighted by atomic mass is 16.5. The van der Waals surface area contributed by atoms with Crippen molar-refractivity contribution in [1.29, 1.82) is 0 Å². The van der Waals surface area contributed by atoms with Crippen LogP contribution in [0.5, 0.6) is 11.5 Å². The van der Waals surface area contributed by atoms with E-state index in [2.05, 4.69) is 12.1 Å². The van der Waals surface area contributed by atoms with Crippen LogP contribution in [0.15, 0.2) is 73.1 Å². The lowest BCUT2D eigenvalue weighted by Gasteiger charge is -2.09. The highest BCUT2D eigenvalue weighted by Crippen LogP contribution is 2.25. The molecular weight excluding hydrogens is 336 g/mol. The molecule has 0 aliphatic carbocycles. The molecule has 0 saturated carbocycles. The highest BCUT2D eigenvalue weighted by molar-refractivity contribution is 5.44. The van der Waals surface area contributed by atoms with Gasteiger partial charge in [0.15, 0.2) is 0 Å². The minimum atomic E-state index is 0.784. The van der Waals surface area contributed by atoms with Gasteiger partial charge in [-0.15, -0.1) is 0 Å². The lowest BCUT2D eigenvalue weighted by atomic mass is 10.1. The van der Waals surface area contributed by atoms with Gasteiger partial charge in [-0.2, -0.15) is 10.2 Å². The maximum absolute atomic E-state index is 6.10. The van der Waals surface area contributed by atoms with Gasteiger partial charge in [-0.1, -0.05) is 12.1 Å². The number of ether oxygens (including phenoxy) is 1. The Labute approximate surface area is 157 Å². The Morgan fingerprint density at radius 2 is 1.19 bits per heavy atom. The molecule has 0 radical (unpaired) electrons. The number of hydrogen-bond acceptors (Lipinski definition) is 3. The second-order valence-corrected chi connectivity index (χ2v) is 6.81. The summed E-state index contributed by atoms with van der Waals surface area (Å²) >= 11 is 0. The Morgan fingerprint density at radius 1 is 0.667 bits per heavy atom. The van der Waals surface area contributed by atoms with E-state index in [1.165, 1.54) is 0 Å². The molecule has 0 spiro atoms. The fourth-order valence-corrected chi connectivity index (χ4v) is 3.40. The number of aromatic nitrogens is 4. The smallest absolute Gasteiger partial charge is 0.129 e. The van der Waals surface area contributed by atoms with Crippen LogP contribution in [0.25, 0.3) is 11.4 Å². The number of nitrogens with zero attached hydrogens (tertiary/aromatic N) is 4. The Bertz CT molecular complexity index is 993. The maximum atomic E-state index is 6.10. The Morgan fingerprint density at radius 3 is 1.70 bits per heavy atom. The van der Waals surface area contributed by atoms with Crippen molar-refractivity contribution < 1.29 is 4.74 Å². The second kappa shape index (κ2) is 6.76. The first-order valence-electron chi connectivity index (χ1n) is 9.31. The van der Waals surface area contributed by atoms with Crippen molar-refractivity contribution >= 4 is 0 Å². The summed E-state index contributed by atoms with van der Waals surface area (Å²) in [4.78, 5) is 0. The van der Waals surface area contributed by atoms with Gasteiger partial charge in [0, 0.05) is 24.5 Å². The average Bonchev–Trinajstić information content (AvgIpc) is 3.35. The zero-order valence-electron chi connectivity index (χ0n) is 15.0. The van der Waals surface area contributed by atoms with Crippen molar-refractivity contribution in [1.82, 2.24) is 19.6 Å². The van der Waals surface area contributed by atoms with Gasteiger partial charge >= 0.3 is 0 Å². The SMILES string of the molecule is c1cc2cc(c1)-n1ccc(n1)CCCCc1ccn(n1)-c1cccc(c1)O2. The van der Waals surface area contributed by atoms with Crippen LogP contribution < -0.4 is 4.74 Å². The molecule has 27 heavy (non-hydrogen) atoms. The van der Waals surface area contributed by atoms with Gasteiger partial charge in [0.1, 0.15) is 11.5 Å². The van der Waals surface area contributed by atoms with Gasteiger partial charge in [-0.25, -0.2) is 9.36 Å². The van der Waals surface area contributed by atoms with E-state index in [-0.39, 0.29) is 0 Å². The van der Waals surface area contributed by atoms with Crippen LogP contribution in [0.3, 0.4) is 0 Å². The quantitative estimate of drug-likeness (QED) is 0.457. The first-order valence-corrected chi connectivity index (χ1v) is 9.31. The van der Waals surface area contributed by atoms with Crippen LogP contribution in [0.2, 0.25) is 0 Å². The lowest BCUT2D eigenvalue weighted by molar-refractivity contribution is 0.481. The summed E-state index contributed by atoms with van der Waals surface area (Å²) in [6, 6.07) is 20.2. The Hall–Kier alpha value is -3.34. The van der Waals surface area contributed by atoms with Gasteiger partial charge < -0.3 is 4.74 Å². The molecular formula is C22H20N4O. The van der Waals surface area contributed by atoms with Crippen molar-refractivity contribution in [2.24, 2.45) is 0 Å². The summed E-state index contributed by atoms with van der Waals surface area (Å²) in [5.74, 6) is 1.57. The molecule has 2 aromatic carbocycles. The molecule has 5 nitrogen and oxygen atoms in total. The normalized spacial score (nSPS) is 13.6.